The SMILES string of the molecule is CC.COc1ccc(-c2ccc(N3C(c4ccc(OC)cc4)NC(c4ccc(F)cc4)C3C)cc2)cc1. The van der Waals surface area contributed by atoms with Crippen LogP contribution in [-0.4, -0.2) is 20.3 Å². The molecule has 192 valence electrons. The molecule has 37 heavy (non-hydrogen) atoms. The van der Waals surface area contributed by atoms with Crippen molar-refractivity contribution in [2.75, 3.05) is 19.1 Å². The highest BCUT2D eigenvalue weighted by molar-refractivity contribution is 5.67. The standard InChI is InChI=1S/C30H29FN2O2.C2H6/c1-20-29(23-4-12-25(31)13-5-23)32-30(24-10-18-28(35-3)19-11-24)33(20)26-14-6-21(7-15-26)22-8-16-27(34-2)17-9-22;1-2/h4-20,29-30,32H,1-3H3;1-2H3. The Bertz CT molecular complexity index is 1260. The zero-order valence-corrected chi connectivity index (χ0v) is 22.1. The van der Waals surface area contributed by atoms with Gasteiger partial charge in [-0.05, 0) is 77.7 Å². The molecule has 4 nitrogen and oxygen atoms in total. The number of nitrogens with one attached hydrogen (secondary N) is 1. The lowest BCUT2D eigenvalue weighted by Gasteiger charge is -2.31. The highest BCUT2D eigenvalue weighted by atomic mass is 19.1. The smallest absolute Gasteiger partial charge is 0.123 e. The number of rotatable bonds is 6. The Morgan fingerprint density at radius 1 is 0.649 bits per heavy atom. The maximum Gasteiger partial charge on any atom is 0.123 e. The molecule has 1 heterocycles. The summed E-state index contributed by atoms with van der Waals surface area (Å²) in [6.45, 7) is 6.21. The number of halogens is 1. The van der Waals surface area contributed by atoms with Gasteiger partial charge in [0.1, 0.15) is 23.5 Å². The largest absolute Gasteiger partial charge is 0.497 e. The van der Waals surface area contributed by atoms with Gasteiger partial charge in [-0.3, -0.25) is 5.32 Å². The second-order valence-electron chi connectivity index (χ2n) is 8.79. The van der Waals surface area contributed by atoms with Crippen LogP contribution >= 0.6 is 0 Å². The topological polar surface area (TPSA) is 33.7 Å². The Morgan fingerprint density at radius 3 is 1.62 bits per heavy atom. The van der Waals surface area contributed by atoms with E-state index in [9.17, 15) is 4.39 Å². The molecule has 0 spiro atoms. The van der Waals surface area contributed by atoms with Gasteiger partial charge >= 0.3 is 0 Å². The van der Waals surface area contributed by atoms with Crippen molar-refractivity contribution in [3.8, 4) is 22.6 Å². The molecule has 4 aromatic carbocycles. The normalized spacial score (nSPS) is 18.6. The fourth-order valence-corrected chi connectivity index (χ4v) is 4.87. The number of hydrogen-bond acceptors (Lipinski definition) is 4. The van der Waals surface area contributed by atoms with Crippen LogP contribution in [0.25, 0.3) is 11.1 Å². The van der Waals surface area contributed by atoms with Gasteiger partial charge in [0.2, 0.25) is 0 Å². The van der Waals surface area contributed by atoms with Crippen molar-refractivity contribution in [2.24, 2.45) is 0 Å². The fourth-order valence-electron chi connectivity index (χ4n) is 4.87. The number of benzene rings is 4. The van der Waals surface area contributed by atoms with Crippen molar-refractivity contribution in [3.63, 3.8) is 0 Å². The van der Waals surface area contributed by atoms with E-state index in [4.69, 9.17) is 9.47 Å². The predicted molar refractivity (Wildman–Crippen MR) is 150 cm³/mol. The molecule has 1 N–H and O–H groups in total. The third-order valence-electron chi connectivity index (χ3n) is 6.79. The molecule has 0 aromatic heterocycles. The lowest BCUT2D eigenvalue weighted by Crippen LogP contribution is -2.31. The number of nitrogens with zero attached hydrogens (tertiary/aromatic N) is 1. The average Bonchev–Trinajstić information content (AvgIpc) is 3.31. The molecule has 5 heteroatoms. The Kier molecular flexibility index (Phi) is 8.47. The minimum absolute atomic E-state index is 0.0437. The minimum Gasteiger partial charge on any atom is -0.497 e. The first-order valence-corrected chi connectivity index (χ1v) is 12.8. The van der Waals surface area contributed by atoms with E-state index in [-0.39, 0.29) is 24.1 Å². The van der Waals surface area contributed by atoms with Crippen molar-refractivity contribution < 1.29 is 13.9 Å². The van der Waals surface area contributed by atoms with Gasteiger partial charge < -0.3 is 14.4 Å². The summed E-state index contributed by atoms with van der Waals surface area (Å²) in [5.74, 6) is 1.44. The maximum absolute atomic E-state index is 13.6. The molecule has 1 saturated heterocycles. The fraction of sp³-hybridized carbons (Fsp3) is 0.250. The first kappa shape index (κ1) is 26.2. The van der Waals surface area contributed by atoms with Crippen molar-refractivity contribution in [2.45, 2.75) is 39.0 Å². The number of methoxy groups -OCH3 is 2. The molecule has 0 saturated carbocycles. The third-order valence-corrected chi connectivity index (χ3v) is 6.79. The lowest BCUT2D eigenvalue weighted by molar-refractivity contribution is 0.414. The van der Waals surface area contributed by atoms with E-state index in [1.54, 1.807) is 14.2 Å². The zero-order valence-electron chi connectivity index (χ0n) is 22.1. The average molecular weight is 499 g/mol. The molecule has 0 radical (unpaired) electrons. The van der Waals surface area contributed by atoms with E-state index in [1.165, 1.54) is 12.1 Å². The zero-order chi connectivity index (χ0) is 26.4. The van der Waals surface area contributed by atoms with E-state index in [0.717, 1.165) is 39.4 Å². The molecule has 1 fully saturated rings. The molecule has 0 bridgehead atoms. The van der Waals surface area contributed by atoms with Crippen molar-refractivity contribution in [3.05, 3.63) is 114 Å². The van der Waals surface area contributed by atoms with Crippen LogP contribution in [0.1, 0.15) is 44.1 Å². The van der Waals surface area contributed by atoms with Gasteiger partial charge in [0, 0.05) is 11.7 Å². The number of anilines is 1. The van der Waals surface area contributed by atoms with Gasteiger partial charge in [-0.25, -0.2) is 4.39 Å². The molecule has 1 aliphatic heterocycles. The Morgan fingerprint density at radius 2 is 1.11 bits per heavy atom. The van der Waals surface area contributed by atoms with Crippen LogP contribution in [0.2, 0.25) is 0 Å². The van der Waals surface area contributed by atoms with Gasteiger partial charge in [-0.15, -0.1) is 0 Å². The molecule has 0 amide bonds. The molecule has 5 rings (SSSR count). The van der Waals surface area contributed by atoms with Crippen LogP contribution in [0.15, 0.2) is 97.1 Å². The Balaban J connectivity index is 0.00000156. The minimum atomic E-state index is -0.225. The van der Waals surface area contributed by atoms with Gasteiger partial charge in [-0.1, -0.05) is 62.4 Å². The molecule has 4 aromatic rings. The summed E-state index contributed by atoms with van der Waals surface area (Å²) in [6, 6.07) is 31.8. The van der Waals surface area contributed by atoms with Crippen molar-refractivity contribution in [1.82, 2.24) is 5.32 Å². The molecular formula is C32H35FN2O2. The number of hydrogen-bond donors (Lipinski definition) is 1. The Labute approximate surface area is 219 Å². The van der Waals surface area contributed by atoms with Crippen LogP contribution in [-0.2, 0) is 0 Å². The van der Waals surface area contributed by atoms with Gasteiger partial charge in [0.25, 0.3) is 0 Å². The summed E-state index contributed by atoms with van der Waals surface area (Å²) in [5, 5.41) is 3.79. The molecule has 3 atom stereocenters. The quantitative estimate of drug-likeness (QED) is 0.294. The summed E-state index contributed by atoms with van der Waals surface area (Å²) in [7, 11) is 3.35. The second kappa shape index (κ2) is 11.9. The van der Waals surface area contributed by atoms with Crippen LogP contribution < -0.4 is 19.7 Å². The summed E-state index contributed by atoms with van der Waals surface area (Å²) in [6.07, 6.45) is -0.0437. The van der Waals surface area contributed by atoms with Gasteiger partial charge in [-0.2, -0.15) is 0 Å². The van der Waals surface area contributed by atoms with Crippen LogP contribution in [0.5, 0.6) is 11.5 Å². The van der Waals surface area contributed by atoms with Crippen LogP contribution in [0.4, 0.5) is 10.1 Å². The molecule has 3 unspecified atom stereocenters. The molecular weight excluding hydrogens is 463 g/mol. The summed E-state index contributed by atoms with van der Waals surface area (Å²) in [5.41, 5.74) is 5.61. The monoisotopic (exact) mass is 498 g/mol. The van der Waals surface area contributed by atoms with Crippen LogP contribution in [0.3, 0.4) is 0 Å². The summed E-state index contributed by atoms with van der Waals surface area (Å²) in [4.78, 5) is 2.40. The summed E-state index contributed by atoms with van der Waals surface area (Å²) < 4.78 is 24.2. The van der Waals surface area contributed by atoms with E-state index < -0.39 is 0 Å². The van der Waals surface area contributed by atoms with E-state index >= 15 is 0 Å². The highest BCUT2D eigenvalue weighted by Crippen LogP contribution is 2.41. The second-order valence-corrected chi connectivity index (χ2v) is 8.79. The first-order valence-electron chi connectivity index (χ1n) is 12.8. The maximum atomic E-state index is 13.6. The van der Waals surface area contributed by atoms with E-state index in [1.807, 2.05) is 50.2 Å². The first-order chi connectivity index (χ1) is 18.1. The Hall–Kier alpha value is -3.83. The molecule has 0 aliphatic carbocycles. The molecule has 1 aliphatic rings. The van der Waals surface area contributed by atoms with Crippen molar-refractivity contribution in [1.29, 1.82) is 0 Å². The predicted octanol–water partition coefficient (Wildman–Crippen LogP) is 7.77. The van der Waals surface area contributed by atoms with E-state index in [2.05, 4.69) is 65.7 Å². The van der Waals surface area contributed by atoms with Gasteiger partial charge in [0.15, 0.2) is 0 Å². The third kappa shape index (κ3) is 5.62. The van der Waals surface area contributed by atoms with Crippen molar-refractivity contribution >= 4 is 5.69 Å². The number of ether oxygens (including phenoxy) is 2. The summed E-state index contributed by atoms with van der Waals surface area (Å²) >= 11 is 0. The van der Waals surface area contributed by atoms with Gasteiger partial charge in [0.05, 0.1) is 20.3 Å². The van der Waals surface area contributed by atoms with E-state index in [0.29, 0.717) is 0 Å². The van der Waals surface area contributed by atoms with Crippen LogP contribution in [0, 0.1) is 5.82 Å². The lowest BCUT2D eigenvalue weighted by atomic mass is 10.0. The highest BCUT2D eigenvalue weighted by Gasteiger charge is 2.39.